The summed E-state index contributed by atoms with van der Waals surface area (Å²) in [4.78, 5) is 31.6. The van der Waals surface area contributed by atoms with Crippen molar-refractivity contribution in [2.45, 2.75) is 12.5 Å². The lowest BCUT2D eigenvalue weighted by atomic mass is 9.98. The van der Waals surface area contributed by atoms with E-state index in [0.717, 1.165) is 36.3 Å². The van der Waals surface area contributed by atoms with Gasteiger partial charge in [0.05, 0.1) is 36.8 Å². The molecule has 5 rings (SSSR count). The Morgan fingerprint density at radius 2 is 1.82 bits per heavy atom. The Hall–Kier alpha value is -4.93. The zero-order valence-electron chi connectivity index (χ0n) is 25.7. The molecule has 0 aliphatic carbocycles. The summed E-state index contributed by atoms with van der Waals surface area (Å²) in [6.45, 7) is 5.77. The molecule has 10 nitrogen and oxygen atoms in total. The van der Waals surface area contributed by atoms with Crippen LogP contribution in [0.1, 0.15) is 18.0 Å². The molecule has 0 saturated carbocycles. The van der Waals surface area contributed by atoms with Gasteiger partial charge in [0.2, 0.25) is 5.91 Å². The highest BCUT2D eigenvalue weighted by molar-refractivity contribution is 6.02. The van der Waals surface area contributed by atoms with Crippen molar-refractivity contribution in [1.29, 1.82) is 0 Å². The highest BCUT2D eigenvalue weighted by Crippen LogP contribution is 2.39. The first-order valence-corrected chi connectivity index (χ1v) is 14.5. The number of likely N-dealkylation sites (N-methyl/N-ethyl adjacent to an activating group) is 2. The van der Waals surface area contributed by atoms with Gasteiger partial charge in [0.15, 0.2) is 5.82 Å². The van der Waals surface area contributed by atoms with Crippen molar-refractivity contribution in [2.75, 3.05) is 68.5 Å². The van der Waals surface area contributed by atoms with Crippen molar-refractivity contribution in [3.8, 4) is 16.9 Å². The van der Waals surface area contributed by atoms with Crippen LogP contribution < -0.4 is 25.3 Å². The van der Waals surface area contributed by atoms with E-state index in [0.29, 0.717) is 35.4 Å². The fourth-order valence-electron chi connectivity index (χ4n) is 5.13. The normalized spacial score (nSPS) is 14.4. The van der Waals surface area contributed by atoms with Gasteiger partial charge in [0.25, 0.3) is 0 Å². The zero-order valence-corrected chi connectivity index (χ0v) is 25.7. The third kappa shape index (κ3) is 7.16. The first-order valence-electron chi connectivity index (χ1n) is 14.5. The minimum atomic E-state index is -0.304. The van der Waals surface area contributed by atoms with Crippen molar-refractivity contribution in [3.05, 3.63) is 97.3 Å². The molecule has 2 N–H and O–H groups in total. The number of amides is 1. The smallest absolute Gasteiger partial charge is 0.247 e. The fourth-order valence-corrected chi connectivity index (χ4v) is 5.13. The van der Waals surface area contributed by atoms with Crippen LogP contribution >= 0.6 is 0 Å². The number of carbonyl (C=O) groups excluding carboxylic acids is 1. The first-order chi connectivity index (χ1) is 21.4. The van der Waals surface area contributed by atoms with Crippen molar-refractivity contribution < 1.29 is 14.4 Å². The maximum absolute atomic E-state index is 12.3. The molecule has 0 unspecified atom stereocenters. The van der Waals surface area contributed by atoms with Gasteiger partial charge in [-0.3, -0.25) is 9.63 Å². The lowest BCUT2D eigenvalue weighted by molar-refractivity contribution is -0.111. The van der Waals surface area contributed by atoms with E-state index in [1.165, 1.54) is 18.0 Å². The minimum Gasteiger partial charge on any atom is -0.494 e. The summed E-state index contributed by atoms with van der Waals surface area (Å²) in [6, 6.07) is 24.5. The molecule has 1 aliphatic heterocycles. The van der Waals surface area contributed by atoms with Crippen LogP contribution in [0.15, 0.2) is 91.8 Å². The molecular weight excluding hydrogens is 554 g/mol. The Labute approximate surface area is 258 Å². The van der Waals surface area contributed by atoms with E-state index in [2.05, 4.69) is 73.4 Å². The molecular formula is C34H39N7O3. The molecule has 4 aromatic rings. The van der Waals surface area contributed by atoms with Crippen molar-refractivity contribution in [1.82, 2.24) is 14.9 Å². The van der Waals surface area contributed by atoms with Crippen LogP contribution in [0.4, 0.5) is 28.7 Å². The summed E-state index contributed by atoms with van der Waals surface area (Å²) in [5, 5.41) is 8.15. The van der Waals surface area contributed by atoms with Crippen LogP contribution in [0.2, 0.25) is 0 Å². The lowest BCUT2D eigenvalue weighted by Gasteiger charge is -2.26. The summed E-state index contributed by atoms with van der Waals surface area (Å²) in [6.07, 6.45) is 3.58. The Balaban J connectivity index is 1.42. The second-order valence-corrected chi connectivity index (χ2v) is 10.8. The second-order valence-electron chi connectivity index (χ2n) is 10.8. The molecule has 1 atom stereocenters. The SMILES string of the molecule is C=CC(=O)Nc1cc(Nc2cc(N3OCC[C@@H]3c3cccc(-c4ccccc4)c3)ncn2)c(OC)cc1N(C)CCN(C)C. The van der Waals surface area contributed by atoms with Gasteiger partial charge in [0.1, 0.15) is 17.9 Å². The van der Waals surface area contributed by atoms with Crippen molar-refractivity contribution >= 4 is 34.6 Å². The number of nitrogens with zero attached hydrogens (tertiary/aromatic N) is 5. The van der Waals surface area contributed by atoms with Gasteiger partial charge in [-0.1, -0.05) is 55.1 Å². The van der Waals surface area contributed by atoms with E-state index in [4.69, 9.17) is 9.57 Å². The summed E-state index contributed by atoms with van der Waals surface area (Å²) < 4.78 is 5.76. The largest absolute Gasteiger partial charge is 0.494 e. The van der Waals surface area contributed by atoms with E-state index in [9.17, 15) is 4.79 Å². The molecule has 1 fully saturated rings. The highest BCUT2D eigenvalue weighted by Gasteiger charge is 2.29. The molecule has 3 aromatic carbocycles. The summed E-state index contributed by atoms with van der Waals surface area (Å²) in [5.74, 6) is 1.48. The van der Waals surface area contributed by atoms with Crippen LogP contribution in [0.5, 0.6) is 5.75 Å². The van der Waals surface area contributed by atoms with Gasteiger partial charge in [-0.25, -0.2) is 15.0 Å². The van der Waals surface area contributed by atoms with Crippen LogP contribution in [0.25, 0.3) is 11.1 Å². The number of hydrogen-bond acceptors (Lipinski definition) is 9. The third-order valence-electron chi connectivity index (χ3n) is 7.48. The number of rotatable bonds is 12. The number of hydroxylamine groups is 1. The summed E-state index contributed by atoms with van der Waals surface area (Å²) >= 11 is 0. The molecule has 1 aliphatic rings. The van der Waals surface area contributed by atoms with Gasteiger partial charge in [0, 0.05) is 38.7 Å². The van der Waals surface area contributed by atoms with E-state index in [1.807, 2.05) is 62.6 Å². The second kappa shape index (κ2) is 14.0. The average Bonchev–Trinajstić information content (AvgIpc) is 3.55. The number of aromatic nitrogens is 2. The molecule has 1 aromatic heterocycles. The highest BCUT2D eigenvalue weighted by atomic mass is 16.7. The number of ether oxygens (including phenoxy) is 1. The maximum atomic E-state index is 12.3. The number of anilines is 5. The number of methoxy groups -OCH3 is 1. The standard InChI is InChI=1S/C34H39N7O3/c1-6-34(42)38-27-20-28(31(43-5)21-30(27)40(4)17-16-39(2)3)37-32-22-33(36-23-35-32)41-29(15-18-44-41)26-14-10-13-25(19-26)24-11-8-7-9-12-24/h6-14,19-23,29H,1,15-18H2,2-5H3,(H,38,42)(H,35,36,37)/t29-/m1/s1. The van der Waals surface area contributed by atoms with Gasteiger partial charge in [-0.2, -0.15) is 0 Å². The van der Waals surface area contributed by atoms with Gasteiger partial charge >= 0.3 is 0 Å². The number of nitrogens with one attached hydrogen (secondary N) is 2. The van der Waals surface area contributed by atoms with Gasteiger partial charge in [-0.05, 0) is 49.0 Å². The molecule has 1 amide bonds. The van der Waals surface area contributed by atoms with Crippen LogP contribution in [0.3, 0.4) is 0 Å². The lowest BCUT2D eigenvalue weighted by Crippen LogP contribution is -2.29. The summed E-state index contributed by atoms with van der Waals surface area (Å²) in [5.41, 5.74) is 5.54. The predicted molar refractivity (Wildman–Crippen MR) is 177 cm³/mol. The Kier molecular flexibility index (Phi) is 9.73. The molecule has 2 heterocycles. The van der Waals surface area contributed by atoms with E-state index in [-0.39, 0.29) is 11.9 Å². The Morgan fingerprint density at radius 1 is 1.02 bits per heavy atom. The molecule has 44 heavy (non-hydrogen) atoms. The van der Waals surface area contributed by atoms with Crippen LogP contribution in [0, 0.1) is 0 Å². The van der Waals surface area contributed by atoms with Gasteiger partial charge in [-0.15, -0.1) is 0 Å². The molecule has 0 spiro atoms. The van der Waals surface area contributed by atoms with Gasteiger partial charge < -0.3 is 25.2 Å². The van der Waals surface area contributed by atoms with Crippen molar-refractivity contribution in [3.63, 3.8) is 0 Å². The zero-order chi connectivity index (χ0) is 31.1. The van der Waals surface area contributed by atoms with Crippen LogP contribution in [-0.4, -0.2) is 68.7 Å². The predicted octanol–water partition coefficient (Wildman–Crippen LogP) is 5.90. The third-order valence-corrected chi connectivity index (χ3v) is 7.48. The first kappa shape index (κ1) is 30.5. The topological polar surface area (TPSA) is 95.1 Å². The van der Waals surface area contributed by atoms with E-state index < -0.39 is 0 Å². The van der Waals surface area contributed by atoms with Crippen LogP contribution in [-0.2, 0) is 9.63 Å². The molecule has 1 saturated heterocycles. The summed E-state index contributed by atoms with van der Waals surface area (Å²) in [7, 11) is 7.64. The number of carbonyl (C=O) groups is 1. The van der Waals surface area contributed by atoms with E-state index in [1.54, 1.807) is 7.11 Å². The Bertz CT molecular complexity index is 1600. The minimum absolute atomic E-state index is 0.00588. The number of hydrogen-bond donors (Lipinski definition) is 2. The molecule has 0 bridgehead atoms. The van der Waals surface area contributed by atoms with E-state index >= 15 is 0 Å². The average molecular weight is 594 g/mol. The van der Waals surface area contributed by atoms with Crippen molar-refractivity contribution in [2.24, 2.45) is 0 Å². The monoisotopic (exact) mass is 593 g/mol. The fraction of sp³-hybridized carbons (Fsp3) is 0.265. The molecule has 228 valence electrons. The Morgan fingerprint density at radius 3 is 2.57 bits per heavy atom. The number of benzene rings is 3. The molecule has 10 heteroatoms. The quantitative estimate of drug-likeness (QED) is 0.195. The maximum Gasteiger partial charge on any atom is 0.247 e. The molecule has 0 radical (unpaired) electrons.